The molecular formula is C18H26N2O3. The Hall–Kier alpha value is -2.04. The van der Waals surface area contributed by atoms with Crippen LogP contribution in [0.4, 0.5) is 0 Å². The molecule has 1 aliphatic rings. The van der Waals surface area contributed by atoms with Crippen molar-refractivity contribution in [3.63, 3.8) is 0 Å². The molecule has 0 N–H and O–H groups in total. The quantitative estimate of drug-likeness (QED) is 0.838. The molecular weight excluding hydrogens is 292 g/mol. The van der Waals surface area contributed by atoms with Gasteiger partial charge in [-0.3, -0.25) is 9.59 Å². The number of carbonyl (C=O) groups excluding carboxylic acids is 2. The van der Waals surface area contributed by atoms with Crippen molar-refractivity contribution in [3.8, 4) is 5.75 Å². The SMILES string of the molecule is CCOc1ccc([C@H]2[C@H](C(=O)N(C)C)CCC(=O)N2CC)cc1. The molecule has 1 heterocycles. The number of rotatable bonds is 5. The highest BCUT2D eigenvalue weighted by molar-refractivity contribution is 5.84. The Balaban J connectivity index is 2.36. The van der Waals surface area contributed by atoms with Gasteiger partial charge in [-0.2, -0.15) is 0 Å². The third kappa shape index (κ3) is 3.66. The molecule has 0 aliphatic carbocycles. The summed E-state index contributed by atoms with van der Waals surface area (Å²) in [6.45, 7) is 5.12. The Morgan fingerprint density at radius 2 is 1.91 bits per heavy atom. The number of piperidine rings is 1. The molecule has 5 heteroatoms. The molecule has 0 spiro atoms. The van der Waals surface area contributed by atoms with Crippen LogP contribution in [0.2, 0.25) is 0 Å². The Bertz CT molecular complexity index is 554. The molecule has 0 radical (unpaired) electrons. The van der Waals surface area contributed by atoms with Crippen LogP contribution >= 0.6 is 0 Å². The summed E-state index contributed by atoms with van der Waals surface area (Å²) in [5, 5.41) is 0. The van der Waals surface area contributed by atoms with Gasteiger partial charge in [-0.15, -0.1) is 0 Å². The maximum absolute atomic E-state index is 12.6. The van der Waals surface area contributed by atoms with Gasteiger partial charge in [0.1, 0.15) is 5.75 Å². The first-order valence-electron chi connectivity index (χ1n) is 8.23. The first-order valence-corrected chi connectivity index (χ1v) is 8.23. The van der Waals surface area contributed by atoms with Crippen molar-refractivity contribution in [2.75, 3.05) is 27.2 Å². The molecule has 1 fully saturated rings. The van der Waals surface area contributed by atoms with Crippen LogP contribution < -0.4 is 4.74 Å². The lowest BCUT2D eigenvalue weighted by atomic mass is 9.83. The fourth-order valence-corrected chi connectivity index (χ4v) is 3.26. The maximum Gasteiger partial charge on any atom is 0.227 e. The second kappa shape index (κ2) is 7.49. The van der Waals surface area contributed by atoms with E-state index in [2.05, 4.69) is 0 Å². The largest absolute Gasteiger partial charge is 0.494 e. The van der Waals surface area contributed by atoms with Crippen LogP contribution in [-0.4, -0.2) is 48.9 Å². The van der Waals surface area contributed by atoms with E-state index in [0.29, 0.717) is 26.0 Å². The monoisotopic (exact) mass is 318 g/mol. The molecule has 2 atom stereocenters. The number of carbonyl (C=O) groups is 2. The molecule has 5 nitrogen and oxygen atoms in total. The number of ether oxygens (including phenoxy) is 1. The van der Waals surface area contributed by atoms with Crippen molar-refractivity contribution < 1.29 is 14.3 Å². The zero-order valence-electron chi connectivity index (χ0n) is 14.4. The van der Waals surface area contributed by atoms with Gasteiger partial charge in [-0.1, -0.05) is 12.1 Å². The predicted octanol–water partition coefficient (Wildman–Crippen LogP) is 2.47. The van der Waals surface area contributed by atoms with Crippen LogP contribution in [0.3, 0.4) is 0 Å². The van der Waals surface area contributed by atoms with Crippen LogP contribution in [0.1, 0.15) is 38.3 Å². The van der Waals surface area contributed by atoms with Crippen LogP contribution in [-0.2, 0) is 9.59 Å². The summed E-state index contributed by atoms with van der Waals surface area (Å²) in [6.07, 6.45) is 1.04. The molecule has 1 aromatic carbocycles. The molecule has 0 aromatic heterocycles. The third-order valence-electron chi connectivity index (χ3n) is 4.34. The number of nitrogens with zero attached hydrogens (tertiary/aromatic N) is 2. The van der Waals surface area contributed by atoms with Gasteiger partial charge in [-0.25, -0.2) is 0 Å². The summed E-state index contributed by atoms with van der Waals surface area (Å²) in [4.78, 5) is 28.3. The Morgan fingerprint density at radius 3 is 2.43 bits per heavy atom. The standard InChI is InChI=1S/C18H26N2O3/c1-5-20-16(21)12-11-15(18(22)19(3)4)17(20)13-7-9-14(10-8-13)23-6-2/h7-10,15,17H,5-6,11-12H2,1-4H3/t15-,17+/m1/s1. The highest BCUT2D eigenvalue weighted by Crippen LogP contribution is 2.38. The van der Waals surface area contributed by atoms with Crippen molar-refractivity contribution in [1.29, 1.82) is 0 Å². The summed E-state index contributed by atoms with van der Waals surface area (Å²) < 4.78 is 5.48. The van der Waals surface area contributed by atoms with Gasteiger partial charge < -0.3 is 14.5 Å². The van der Waals surface area contributed by atoms with Gasteiger partial charge in [0.05, 0.1) is 18.6 Å². The second-order valence-corrected chi connectivity index (χ2v) is 6.00. The zero-order valence-corrected chi connectivity index (χ0v) is 14.4. The topological polar surface area (TPSA) is 49.9 Å². The third-order valence-corrected chi connectivity index (χ3v) is 4.34. The summed E-state index contributed by atoms with van der Waals surface area (Å²) in [5.74, 6) is 0.807. The van der Waals surface area contributed by atoms with E-state index >= 15 is 0 Å². The molecule has 1 aromatic rings. The lowest BCUT2D eigenvalue weighted by Gasteiger charge is -2.41. The number of hydrogen-bond donors (Lipinski definition) is 0. The summed E-state index contributed by atoms with van der Waals surface area (Å²) >= 11 is 0. The van der Waals surface area contributed by atoms with Crippen molar-refractivity contribution in [3.05, 3.63) is 29.8 Å². The normalized spacial score (nSPS) is 21.2. The van der Waals surface area contributed by atoms with Gasteiger partial charge in [-0.05, 0) is 38.0 Å². The van der Waals surface area contributed by atoms with Gasteiger partial charge in [0, 0.05) is 27.1 Å². The summed E-state index contributed by atoms with van der Waals surface area (Å²) in [7, 11) is 3.54. The fourth-order valence-electron chi connectivity index (χ4n) is 3.26. The van der Waals surface area contributed by atoms with E-state index in [4.69, 9.17) is 4.74 Å². The first-order chi connectivity index (χ1) is 11.0. The molecule has 1 aliphatic heterocycles. The second-order valence-electron chi connectivity index (χ2n) is 6.00. The molecule has 126 valence electrons. The lowest BCUT2D eigenvalue weighted by Crippen LogP contribution is -2.47. The van der Waals surface area contributed by atoms with Gasteiger partial charge in [0.25, 0.3) is 0 Å². The highest BCUT2D eigenvalue weighted by atomic mass is 16.5. The molecule has 2 amide bonds. The van der Waals surface area contributed by atoms with Gasteiger partial charge >= 0.3 is 0 Å². The molecule has 0 saturated carbocycles. The minimum atomic E-state index is -0.202. The van der Waals surface area contributed by atoms with E-state index in [1.807, 2.05) is 43.0 Å². The number of hydrogen-bond acceptors (Lipinski definition) is 3. The minimum absolute atomic E-state index is 0.0786. The molecule has 23 heavy (non-hydrogen) atoms. The first kappa shape index (κ1) is 17.3. The molecule has 2 rings (SSSR count). The fraction of sp³-hybridized carbons (Fsp3) is 0.556. The maximum atomic E-state index is 12.6. The molecule has 1 saturated heterocycles. The number of amides is 2. The number of likely N-dealkylation sites (tertiary alicyclic amines) is 1. The van der Waals surface area contributed by atoms with E-state index in [1.54, 1.807) is 19.0 Å². The van der Waals surface area contributed by atoms with Gasteiger partial charge in [0.2, 0.25) is 11.8 Å². The predicted molar refractivity (Wildman–Crippen MR) is 89.2 cm³/mol. The summed E-state index contributed by atoms with van der Waals surface area (Å²) in [5.41, 5.74) is 0.989. The molecule has 0 unspecified atom stereocenters. The van der Waals surface area contributed by atoms with Crippen molar-refractivity contribution in [2.24, 2.45) is 5.92 Å². The zero-order chi connectivity index (χ0) is 17.0. The van der Waals surface area contributed by atoms with Crippen molar-refractivity contribution in [2.45, 2.75) is 32.7 Å². The highest BCUT2D eigenvalue weighted by Gasteiger charge is 2.40. The smallest absolute Gasteiger partial charge is 0.227 e. The minimum Gasteiger partial charge on any atom is -0.494 e. The summed E-state index contributed by atoms with van der Waals surface area (Å²) in [6, 6.07) is 7.54. The Labute approximate surface area is 138 Å². The van der Waals surface area contributed by atoms with E-state index in [9.17, 15) is 9.59 Å². The van der Waals surface area contributed by atoms with Crippen LogP contribution in [0.15, 0.2) is 24.3 Å². The number of benzene rings is 1. The van der Waals surface area contributed by atoms with E-state index in [1.165, 1.54) is 0 Å². The molecule has 0 bridgehead atoms. The van der Waals surface area contributed by atoms with Crippen LogP contribution in [0.5, 0.6) is 5.75 Å². The van der Waals surface area contributed by atoms with E-state index in [0.717, 1.165) is 11.3 Å². The van der Waals surface area contributed by atoms with Crippen molar-refractivity contribution >= 4 is 11.8 Å². The van der Waals surface area contributed by atoms with Crippen molar-refractivity contribution in [1.82, 2.24) is 9.80 Å². The Morgan fingerprint density at radius 1 is 1.26 bits per heavy atom. The lowest BCUT2D eigenvalue weighted by molar-refractivity contribution is -0.146. The average molecular weight is 318 g/mol. The average Bonchev–Trinajstić information content (AvgIpc) is 2.55. The van der Waals surface area contributed by atoms with E-state index in [-0.39, 0.29) is 23.8 Å². The van der Waals surface area contributed by atoms with Crippen LogP contribution in [0, 0.1) is 5.92 Å². The van der Waals surface area contributed by atoms with Crippen LogP contribution in [0.25, 0.3) is 0 Å². The van der Waals surface area contributed by atoms with E-state index < -0.39 is 0 Å². The van der Waals surface area contributed by atoms with Gasteiger partial charge in [0.15, 0.2) is 0 Å². The Kier molecular flexibility index (Phi) is 5.64.